The summed E-state index contributed by atoms with van der Waals surface area (Å²) in [5.74, 6) is 0.931. The number of anilines is 2. The van der Waals surface area contributed by atoms with E-state index in [1.807, 2.05) is 7.05 Å². The largest absolute Gasteiger partial charge is 0.399 e. The molecule has 2 atom stereocenters. The van der Waals surface area contributed by atoms with Crippen molar-refractivity contribution in [3.8, 4) is 0 Å². The minimum absolute atomic E-state index is 0.147. The Labute approximate surface area is 119 Å². The molecule has 20 heavy (non-hydrogen) atoms. The van der Waals surface area contributed by atoms with E-state index in [4.69, 9.17) is 5.73 Å². The summed E-state index contributed by atoms with van der Waals surface area (Å²) in [6.45, 7) is 3.95. The first-order valence-electron chi connectivity index (χ1n) is 6.99. The lowest BCUT2D eigenvalue weighted by Crippen LogP contribution is -2.26. The van der Waals surface area contributed by atoms with Crippen molar-refractivity contribution in [3.05, 3.63) is 24.0 Å². The quantitative estimate of drug-likeness (QED) is 0.786. The number of nitrogens with zero attached hydrogens (tertiary/aromatic N) is 1. The summed E-state index contributed by atoms with van der Waals surface area (Å²) in [6, 6.07) is 4.16. The molecule has 1 aromatic carbocycles. The third kappa shape index (κ3) is 4.20. The van der Waals surface area contributed by atoms with Crippen LogP contribution >= 0.6 is 0 Å². The van der Waals surface area contributed by atoms with Crippen LogP contribution < -0.4 is 11.1 Å². The molecule has 1 amide bonds. The molecule has 0 aliphatic heterocycles. The van der Waals surface area contributed by atoms with Gasteiger partial charge in [-0.2, -0.15) is 0 Å². The van der Waals surface area contributed by atoms with E-state index in [-0.39, 0.29) is 11.6 Å². The van der Waals surface area contributed by atoms with E-state index in [1.165, 1.54) is 24.6 Å². The second kappa shape index (κ2) is 6.22. The minimum Gasteiger partial charge on any atom is -0.399 e. The van der Waals surface area contributed by atoms with Crippen LogP contribution in [0.3, 0.4) is 0 Å². The number of amides is 1. The number of hydrogen-bond acceptors (Lipinski definition) is 3. The third-order valence-corrected chi connectivity index (χ3v) is 3.81. The smallest absolute Gasteiger partial charge is 0.225 e. The van der Waals surface area contributed by atoms with Crippen LogP contribution in [0.1, 0.15) is 19.8 Å². The van der Waals surface area contributed by atoms with Crippen molar-refractivity contribution in [3.63, 3.8) is 0 Å². The summed E-state index contributed by atoms with van der Waals surface area (Å²) in [6.07, 6.45) is 1.64. The lowest BCUT2D eigenvalue weighted by molar-refractivity contribution is -0.116. The standard InChI is InChI=1S/C15H22FN3O/c1-10-7-11(10)9-19(2)6-5-15(20)18-14-8-12(17)3-4-13(14)16/h3-4,8,10-11H,5-7,9,17H2,1-2H3,(H,18,20). The summed E-state index contributed by atoms with van der Waals surface area (Å²) in [7, 11) is 2.01. The summed E-state index contributed by atoms with van der Waals surface area (Å²) in [5, 5.41) is 2.56. The zero-order valence-electron chi connectivity index (χ0n) is 12.0. The summed E-state index contributed by atoms with van der Waals surface area (Å²) < 4.78 is 13.5. The topological polar surface area (TPSA) is 58.4 Å². The number of benzene rings is 1. The maximum atomic E-state index is 13.5. The van der Waals surface area contributed by atoms with Gasteiger partial charge in [0.1, 0.15) is 5.82 Å². The van der Waals surface area contributed by atoms with E-state index in [1.54, 1.807) is 0 Å². The molecule has 0 spiro atoms. The Hall–Kier alpha value is -1.62. The summed E-state index contributed by atoms with van der Waals surface area (Å²) in [4.78, 5) is 14.0. The highest BCUT2D eigenvalue weighted by atomic mass is 19.1. The van der Waals surface area contributed by atoms with Gasteiger partial charge in [0.25, 0.3) is 0 Å². The molecule has 4 nitrogen and oxygen atoms in total. The Morgan fingerprint density at radius 1 is 1.55 bits per heavy atom. The molecule has 1 fully saturated rings. The maximum Gasteiger partial charge on any atom is 0.225 e. The van der Waals surface area contributed by atoms with E-state index in [2.05, 4.69) is 17.1 Å². The minimum atomic E-state index is -0.465. The molecule has 1 aliphatic rings. The fourth-order valence-electron chi connectivity index (χ4n) is 2.29. The number of nitrogens with two attached hydrogens (primary N) is 1. The first-order valence-corrected chi connectivity index (χ1v) is 6.99. The molecule has 1 aliphatic carbocycles. The van der Waals surface area contributed by atoms with Gasteiger partial charge >= 0.3 is 0 Å². The predicted molar refractivity (Wildman–Crippen MR) is 78.8 cm³/mol. The van der Waals surface area contributed by atoms with Gasteiger partial charge in [-0.05, 0) is 43.5 Å². The Morgan fingerprint density at radius 2 is 2.25 bits per heavy atom. The van der Waals surface area contributed by atoms with Gasteiger partial charge in [-0.25, -0.2) is 4.39 Å². The molecule has 3 N–H and O–H groups in total. The SMILES string of the molecule is CC1CC1CN(C)CCC(=O)Nc1cc(N)ccc1F. The van der Waals surface area contributed by atoms with Crippen LogP contribution in [-0.2, 0) is 4.79 Å². The van der Waals surface area contributed by atoms with E-state index in [0.717, 1.165) is 18.4 Å². The van der Waals surface area contributed by atoms with Gasteiger partial charge in [-0.1, -0.05) is 6.92 Å². The number of rotatable bonds is 6. The van der Waals surface area contributed by atoms with Crippen LogP contribution in [0.15, 0.2) is 18.2 Å². The molecule has 110 valence electrons. The Morgan fingerprint density at radius 3 is 2.90 bits per heavy atom. The van der Waals surface area contributed by atoms with Gasteiger partial charge in [0.15, 0.2) is 0 Å². The first kappa shape index (κ1) is 14.8. The average molecular weight is 279 g/mol. The Balaban J connectivity index is 1.76. The lowest BCUT2D eigenvalue weighted by Gasteiger charge is -2.16. The molecule has 1 saturated carbocycles. The van der Waals surface area contributed by atoms with Crippen LogP contribution in [0.4, 0.5) is 15.8 Å². The van der Waals surface area contributed by atoms with Gasteiger partial charge in [-0.3, -0.25) is 4.79 Å². The molecule has 0 heterocycles. The molecular formula is C15H22FN3O. The Bertz CT molecular complexity index is 492. The predicted octanol–water partition coefficient (Wildman–Crippen LogP) is 2.32. The number of nitrogen functional groups attached to an aromatic ring is 1. The molecular weight excluding hydrogens is 257 g/mol. The van der Waals surface area contributed by atoms with Crippen molar-refractivity contribution >= 4 is 17.3 Å². The van der Waals surface area contributed by atoms with Crippen LogP contribution in [0.25, 0.3) is 0 Å². The number of carbonyl (C=O) groups excluding carboxylic acids is 1. The van der Waals surface area contributed by atoms with Gasteiger partial charge in [0.2, 0.25) is 5.91 Å². The molecule has 0 bridgehead atoms. The van der Waals surface area contributed by atoms with Crippen LogP contribution in [0, 0.1) is 17.7 Å². The van der Waals surface area contributed by atoms with E-state index < -0.39 is 5.82 Å². The van der Waals surface area contributed by atoms with Crippen LogP contribution in [0.5, 0.6) is 0 Å². The zero-order valence-corrected chi connectivity index (χ0v) is 12.0. The van der Waals surface area contributed by atoms with Gasteiger partial charge in [-0.15, -0.1) is 0 Å². The third-order valence-electron chi connectivity index (χ3n) is 3.81. The highest BCUT2D eigenvalue weighted by Crippen LogP contribution is 2.37. The maximum absolute atomic E-state index is 13.5. The number of carbonyl (C=O) groups is 1. The summed E-state index contributed by atoms with van der Waals surface area (Å²) >= 11 is 0. The fourth-order valence-corrected chi connectivity index (χ4v) is 2.29. The molecule has 0 radical (unpaired) electrons. The van der Waals surface area contributed by atoms with Crippen LogP contribution in [0.2, 0.25) is 0 Å². The lowest BCUT2D eigenvalue weighted by atomic mass is 10.2. The average Bonchev–Trinajstić information content (AvgIpc) is 3.07. The normalized spacial score (nSPS) is 21.0. The van der Waals surface area contributed by atoms with Crippen molar-refractivity contribution in [2.24, 2.45) is 11.8 Å². The van der Waals surface area contributed by atoms with Crippen molar-refractivity contribution in [2.45, 2.75) is 19.8 Å². The summed E-state index contributed by atoms with van der Waals surface area (Å²) in [5.41, 5.74) is 6.15. The van der Waals surface area contributed by atoms with E-state index >= 15 is 0 Å². The van der Waals surface area contributed by atoms with Crippen molar-refractivity contribution in [2.75, 3.05) is 31.2 Å². The van der Waals surface area contributed by atoms with Gasteiger partial charge in [0.05, 0.1) is 5.69 Å². The number of halogens is 1. The molecule has 5 heteroatoms. The molecule has 1 aromatic rings. The molecule has 2 rings (SSSR count). The zero-order chi connectivity index (χ0) is 14.7. The molecule has 0 saturated heterocycles. The second-order valence-electron chi connectivity index (χ2n) is 5.77. The van der Waals surface area contributed by atoms with Gasteiger partial charge < -0.3 is 16.0 Å². The first-order chi connectivity index (χ1) is 9.45. The van der Waals surface area contributed by atoms with E-state index in [0.29, 0.717) is 18.7 Å². The van der Waals surface area contributed by atoms with Gasteiger partial charge in [0, 0.05) is 25.2 Å². The Kier molecular flexibility index (Phi) is 4.60. The van der Waals surface area contributed by atoms with Crippen molar-refractivity contribution < 1.29 is 9.18 Å². The highest BCUT2D eigenvalue weighted by molar-refractivity contribution is 5.91. The number of hydrogen-bond donors (Lipinski definition) is 2. The monoisotopic (exact) mass is 279 g/mol. The fraction of sp³-hybridized carbons (Fsp3) is 0.533. The van der Waals surface area contributed by atoms with Crippen molar-refractivity contribution in [1.82, 2.24) is 4.90 Å². The van der Waals surface area contributed by atoms with Crippen LogP contribution in [-0.4, -0.2) is 30.9 Å². The highest BCUT2D eigenvalue weighted by Gasteiger charge is 2.32. The molecule has 0 aromatic heterocycles. The molecule has 2 unspecified atom stereocenters. The number of nitrogens with one attached hydrogen (secondary N) is 1. The second-order valence-corrected chi connectivity index (χ2v) is 5.77. The van der Waals surface area contributed by atoms with E-state index in [9.17, 15) is 9.18 Å². The van der Waals surface area contributed by atoms with Crippen molar-refractivity contribution in [1.29, 1.82) is 0 Å².